The molecule has 2 rings (SSSR count). The van der Waals surface area contributed by atoms with Gasteiger partial charge in [-0.25, -0.2) is 9.37 Å². The van der Waals surface area contributed by atoms with Crippen LogP contribution in [0.3, 0.4) is 0 Å². The minimum atomic E-state index is -0.346. The van der Waals surface area contributed by atoms with Crippen molar-refractivity contribution < 1.29 is 9.13 Å². The lowest BCUT2D eigenvalue weighted by Gasteiger charge is -2.09. The van der Waals surface area contributed by atoms with E-state index in [0.29, 0.717) is 28.1 Å². The predicted octanol–water partition coefficient (Wildman–Crippen LogP) is 3.52. The summed E-state index contributed by atoms with van der Waals surface area (Å²) in [6.45, 7) is 1.96. The Morgan fingerprint density at radius 3 is 2.83 bits per heavy atom. The minimum Gasteiger partial charge on any atom is -0.497 e. The molecule has 0 saturated carbocycles. The molecule has 0 atom stereocenters. The van der Waals surface area contributed by atoms with Crippen molar-refractivity contribution in [1.82, 2.24) is 9.97 Å². The molecule has 94 valence electrons. The van der Waals surface area contributed by atoms with Crippen LogP contribution in [0.15, 0.2) is 24.5 Å². The zero-order chi connectivity index (χ0) is 13.1. The fraction of sp³-hybridized carbons (Fsp3) is 0.231. The van der Waals surface area contributed by atoms with Gasteiger partial charge in [-0.3, -0.25) is 0 Å². The second kappa shape index (κ2) is 5.27. The van der Waals surface area contributed by atoms with Crippen molar-refractivity contribution in [3.8, 4) is 17.0 Å². The van der Waals surface area contributed by atoms with Gasteiger partial charge in [0.15, 0.2) is 0 Å². The Morgan fingerprint density at radius 2 is 2.22 bits per heavy atom. The summed E-state index contributed by atoms with van der Waals surface area (Å²) in [5.74, 6) is 0.142. The van der Waals surface area contributed by atoms with Crippen molar-refractivity contribution >= 4 is 12.2 Å². The van der Waals surface area contributed by atoms with E-state index >= 15 is 0 Å². The van der Waals surface area contributed by atoms with E-state index in [1.165, 1.54) is 19.5 Å². The monoisotopic (exact) mass is 264 g/mol. The third-order valence-corrected chi connectivity index (χ3v) is 3.10. The standard InChI is InChI=1S/C13H13FN2OS/c1-3-9-12(15-7-16-13(9)18)10-5-4-8(17-2)6-11(10)14/h4-7H,3H2,1-2H3,(H,15,16,18). The average molecular weight is 264 g/mol. The first-order chi connectivity index (χ1) is 8.67. The summed E-state index contributed by atoms with van der Waals surface area (Å²) in [5.41, 5.74) is 2.00. The molecule has 3 nitrogen and oxygen atoms in total. The third kappa shape index (κ3) is 2.26. The van der Waals surface area contributed by atoms with Crippen LogP contribution in [0.2, 0.25) is 0 Å². The van der Waals surface area contributed by atoms with Crippen LogP contribution >= 0.6 is 12.2 Å². The largest absolute Gasteiger partial charge is 0.497 e. The van der Waals surface area contributed by atoms with Crippen molar-refractivity contribution in [2.24, 2.45) is 0 Å². The van der Waals surface area contributed by atoms with E-state index in [9.17, 15) is 4.39 Å². The van der Waals surface area contributed by atoms with Gasteiger partial charge in [0.1, 0.15) is 16.2 Å². The third-order valence-electron chi connectivity index (χ3n) is 2.75. The lowest BCUT2D eigenvalue weighted by molar-refractivity contribution is 0.411. The number of rotatable bonds is 3. The molecular formula is C13H13FN2OS. The summed E-state index contributed by atoms with van der Waals surface area (Å²) >= 11 is 5.15. The number of hydrogen-bond acceptors (Lipinski definition) is 3. The molecule has 1 N–H and O–H groups in total. The van der Waals surface area contributed by atoms with Crippen LogP contribution in [-0.2, 0) is 6.42 Å². The Labute approximate surface area is 110 Å². The lowest BCUT2D eigenvalue weighted by atomic mass is 10.0. The number of H-pyrrole nitrogens is 1. The van der Waals surface area contributed by atoms with Crippen molar-refractivity contribution in [1.29, 1.82) is 0 Å². The number of hydrogen-bond donors (Lipinski definition) is 1. The topological polar surface area (TPSA) is 37.9 Å². The molecule has 0 amide bonds. The normalized spacial score (nSPS) is 10.4. The smallest absolute Gasteiger partial charge is 0.136 e. The highest BCUT2D eigenvalue weighted by Gasteiger charge is 2.11. The second-order valence-corrected chi connectivity index (χ2v) is 4.15. The molecule has 0 fully saturated rings. The van der Waals surface area contributed by atoms with Gasteiger partial charge in [-0.1, -0.05) is 19.1 Å². The van der Waals surface area contributed by atoms with Crippen molar-refractivity contribution in [2.45, 2.75) is 13.3 Å². The average Bonchev–Trinajstić information content (AvgIpc) is 2.38. The molecule has 0 bridgehead atoms. The Kier molecular flexibility index (Phi) is 3.72. The number of aromatic nitrogens is 2. The maximum atomic E-state index is 14.0. The van der Waals surface area contributed by atoms with E-state index < -0.39 is 0 Å². The number of nitrogens with one attached hydrogen (secondary N) is 1. The number of ether oxygens (including phenoxy) is 1. The Morgan fingerprint density at radius 1 is 1.44 bits per heavy atom. The molecule has 0 saturated heterocycles. The molecule has 0 spiro atoms. The highest BCUT2D eigenvalue weighted by Crippen LogP contribution is 2.27. The van der Waals surface area contributed by atoms with Gasteiger partial charge >= 0.3 is 0 Å². The van der Waals surface area contributed by atoms with Gasteiger partial charge in [0.05, 0.1) is 19.1 Å². The van der Waals surface area contributed by atoms with Gasteiger partial charge in [-0.2, -0.15) is 0 Å². The summed E-state index contributed by atoms with van der Waals surface area (Å²) in [6, 6.07) is 4.75. The highest BCUT2D eigenvalue weighted by molar-refractivity contribution is 7.71. The van der Waals surface area contributed by atoms with Crippen LogP contribution < -0.4 is 4.74 Å². The van der Waals surface area contributed by atoms with Gasteiger partial charge in [-0.15, -0.1) is 0 Å². The van der Waals surface area contributed by atoms with E-state index in [1.807, 2.05) is 6.92 Å². The SMILES string of the molecule is CCc1c(-c2ccc(OC)cc2F)[nH]cnc1=S. The van der Waals surface area contributed by atoms with Crippen molar-refractivity contribution in [3.63, 3.8) is 0 Å². The Balaban J connectivity index is 2.62. The molecular weight excluding hydrogens is 251 g/mol. The van der Waals surface area contributed by atoms with E-state index in [4.69, 9.17) is 17.0 Å². The fourth-order valence-electron chi connectivity index (χ4n) is 1.82. The van der Waals surface area contributed by atoms with Crippen LogP contribution in [0, 0.1) is 10.5 Å². The summed E-state index contributed by atoms with van der Waals surface area (Å²) in [7, 11) is 1.51. The zero-order valence-corrected chi connectivity index (χ0v) is 11.0. The fourth-order valence-corrected chi connectivity index (χ4v) is 2.12. The molecule has 2 aromatic rings. The van der Waals surface area contributed by atoms with Crippen molar-refractivity contribution in [2.75, 3.05) is 7.11 Å². The van der Waals surface area contributed by atoms with Crippen LogP contribution in [0.4, 0.5) is 4.39 Å². The van der Waals surface area contributed by atoms with Gasteiger partial charge in [0.2, 0.25) is 0 Å². The Bertz CT molecular complexity index is 625. The first-order valence-corrected chi connectivity index (χ1v) is 5.98. The summed E-state index contributed by atoms with van der Waals surface area (Å²) in [4.78, 5) is 6.98. The molecule has 0 radical (unpaired) electrons. The van der Waals surface area contributed by atoms with Crippen LogP contribution in [0.1, 0.15) is 12.5 Å². The first kappa shape index (κ1) is 12.7. The van der Waals surface area contributed by atoms with E-state index in [1.54, 1.807) is 12.1 Å². The van der Waals surface area contributed by atoms with E-state index in [0.717, 1.165) is 5.56 Å². The molecule has 1 aromatic carbocycles. The minimum absolute atomic E-state index is 0.346. The molecule has 0 aliphatic rings. The van der Waals surface area contributed by atoms with E-state index in [-0.39, 0.29) is 5.82 Å². The second-order valence-electron chi connectivity index (χ2n) is 3.76. The maximum Gasteiger partial charge on any atom is 0.136 e. The van der Waals surface area contributed by atoms with Gasteiger partial charge in [0.25, 0.3) is 0 Å². The van der Waals surface area contributed by atoms with Gasteiger partial charge in [-0.05, 0) is 18.6 Å². The molecule has 5 heteroatoms. The quantitative estimate of drug-likeness (QED) is 0.862. The zero-order valence-electron chi connectivity index (χ0n) is 10.2. The highest BCUT2D eigenvalue weighted by atomic mass is 32.1. The van der Waals surface area contributed by atoms with Gasteiger partial charge in [0, 0.05) is 17.2 Å². The molecule has 1 aromatic heterocycles. The van der Waals surface area contributed by atoms with Crippen LogP contribution in [0.25, 0.3) is 11.3 Å². The number of aromatic amines is 1. The first-order valence-electron chi connectivity index (χ1n) is 5.57. The summed E-state index contributed by atoms with van der Waals surface area (Å²) < 4.78 is 19.5. The van der Waals surface area contributed by atoms with Crippen LogP contribution in [-0.4, -0.2) is 17.1 Å². The Hall–Kier alpha value is -1.75. The van der Waals surface area contributed by atoms with Crippen molar-refractivity contribution in [3.05, 3.63) is 40.5 Å². The van der Waals surface area contributed by atoms with E-state index in [2.05, 4.69) is 9.97 Å². The van der Waals surface area contributed by atoms with Gasteiger partial charge < -0.3 is 9.72 Å². The number of halogens is 1. The number of nitrogens with zero attached hydrogens (tertiary/aromatic N) is 1. The summed E-state index contributed by atoms with van der Waals surface area (Å²) in [5, 5.41) is 0. The lowest BCUT2D eigenvalue weighted by Crippen LogP contribution is -1.97. The van der Waals surface area contributed by atoms with Crippen LogP contribution in [0.5, 0.6) is 5.75 Å². The number of methoxy groups -OCH3 is 1. The summed E-state index contributed by atoms with van der Waals surface area (Å²) in [6.07, 6.45) is 2.18. The molecule has 18 heavy (non-hydrogen) atoms. The predicted molar refractivity (Wildman–Crippen MR) is 70.7 cm³/mol. The molecule has 1 heterocycles. The molecule has 0 aliphatic carbocycles. The number of benzene rings is 1. The molecule has 0 unspecified atom stereocenters. The molecule has 0 aliphatic heterocycles. The maximum absolute atomic E-state index is 14.0.